The fraction of sp³-hybridized carbons (Fsp3) is 1.00. The highest BCUT2D eigenvalue weighted by molar-refractivity contribution is 7.80. The third-order valence-corrected chi connectivity index (χ3v) is 5.02. The largest absolute Gasteiger partial charge is 0.377 e. The second kappa shape index (κ2) is 6.44. The minimum atomic E-state index is 0.401. The van der Waals surface area contributed by atoms with Crippen LogP contribution in [-0.4, -0.2) is 43.0 Å². The van der Waals surface area contributed by atoms with Crippen LogP contribution in [0, 0.1) is 5.41 Å². The molecule has 2 aliphatic rings. The summed E-state index contributed by atoms with van der Waals surface area (Å²) in [6.45, 7) is 6.69. The molecule has 0 amide bonds. The van der Waals surface area contributed by atoms with Gasteiger partial charge in [-0.15, -0.1) is 0 Å². The average Bonchev–Trinajstić information content (AvgIpc) is 2.55. The predicted octanol–water partition coefficient (Wildman–Crippen LogP) is 2.98. The zero-order chi connectivity index (χ0) is 12.1. The van der Waals surface area contributed by atoms with Gasteiger partial charge in [0.1, 0.15) is 0 Å². The predicted molar refractivity (Wildman–Crippen MR) is 75.8 cm³/mol. The van der Waals surface area contributed by atoms with Crippen LogP contribution in [0.1, 0.15) is 45.4 Å². The number of hydrogen-bond acceptors (Lipinski definition) is 3. The van der Waals surface area contributed by atoms with E-state index < -0.39 is 0 Å². The maximum atomic E-state index is 5.73. The molecule has 100 valence electrons. The number of ether oxygens (including phenoxy) is 1. The lowest BCUT2D eigenvalue weighted by Gasteiger charge is -2.40. The molecule has 0 aromatic rings. The molecule has 1 unspecified atom stereocenters. The lowest BCUT2D eigenvalue weighted by atomic mass is 9.75. The third-order valence-electron chi connectivity index (χ3n) is 4.34. The first kappa shape index (κ1) is 13.7. The minimum absolute atomic E-state index is 0.401. The molecule has 2 rings (SSSR count). The van der Waals surface area contributed by atoms with Gasteiger partial charge in [-0.25, -0.2) is 0 Å². The Morgan fingerprint density at radius 1 is 1.24 bits per heavy atom. The van der Waals surface area contributed by atoms with Crippen molar-refractivity contribution in [2.45, 2.75) is 51.6 Å². The normalized spacial score (nSPS) is 31.1. The van der Waals surface area contributed by atoms with E-state index in [9.17, 15) is 0 Å². The maximum Gasteiger partial charge on any atom is 0.0673 e. The van der Waals surface area contributed by atoms with E-state index in [1.165, 1.54) is 51.6 Å². The van der Waals surface area contributed by atoms with E-state index >= 15 is 0 Å². The maximum absolute atomic E-state index is 5.73. The summed E-state index contributed by atoms with van der Waals surface area (Å²) in [6, 6.07) is 0. The molecule has 0 radical (unpaired) electrons. The summed E-state index contributed by atoms with van der Waals surface area (Å²) in [5.74, 6) is 1.05. The van der Waals surface area contributed by atoms with Crippen molar-refractivity contribution in [1.29, 1.82) is 0 Å². The summed E-state index contributed by atoms with van der Waals surface area (Å²) in [5.41, 5.74) is 0.491. The molecule has 1 aliphatic heterocycles. The van der Waals surface area contributed by atoms with Crippen LogP contribution in [-0.2, 0) is 4.74 Å². The van der Waals surface area contributed by atoms with Crippen LogP contribution in [0.15, 0.2) is 0 Å². The van der Waals surface area contributed by atoms with Crippen LogP contribution in [0.25, 0.3) is 0 Å². The molecule has 0 aromatic heterocycles. The topological polar surface area (TPSA) is 12.5 Å². The molecule has 1 atom stereocenters. The molecule has 3 heteroatoms. The monoisotopic (exact) mass is 257 g/mol. The van der Waals surface area contributed by atoms with Gasteiger partial charge in [-0.3, -0.25) is 0 Å². The molecule has 0 spiro atoms. The average molecular weight is 257 g/mol. The lowest BCUT2D eigenvalue weighted by molar-refractivity contribution is 0.0563. The van der Waals surface area contributed by atoms with Crippen LogP contribution in [0.4, 0.5) is 0 Å². The van der Waals surface area contributed by atoms with Gasteiger partial charge in [-0.05, 0) is 37.4 Å². The molecule has 0 N–H and O–H groups in total. The molecule has 1 aliphatic carbocycles. The van der Waals surface area contributed by atoms with Gasteiger partial charge in [0.05, 0.1) is 6.10 Å². The van der Waals surface area contributed by atoms with Crippen molar-refractivity contribution in [2.24, 2.45) is 5.41 Å². The summed E-state index contributed by atoms with van der Waals surface area (Å²) in [7, 11) is 0. The first-order valence-electron chi connectivity index (χ1n) is 7.19. The highest BCUT2D eigenvalue weighted by atomic mass is 32.1. The zero-order valence-electron chi connectivity index (χ0n) is 11.2. The summed E-state index contributed by atoms with van der Waals surface area (Å²) in [6.07, 6.45) is 8.58. The zero-order valence-corrected chi connectivity index (χ0v) is 12.1. The number of nitrogens with zero attached hydrogens (tertiary/aromatic N) is 1. The van der Waals surface area contributed by atoms with Gasteiger partial charge in [0.25, 0.3) is 0 Å². The summed E-state index contributed by atoms with van der Waals surface area (Å²) >= 11 is 4.64. The Morgan fingerprint density at radius 3 is 2.71 bits per heavy atom. The molecular formula is C14H27NOS. The van der Waals surface area contributed by atoms with Gasteiger partial charge in [0, 0.05) is 26.2 Å². The molecule has 1 saturated carbocycles. The van der Waals surface area contributed by atoms with Gasteiger partial charge in [-0.1, -0.05) is 19.3 Å². The molecule has 1 saturated heterocycles. The van der Waals surface area contributed by atoms with E-state index in [2.05, 4.69) is 24.5 Å². The summed E-state index contributed by atoms with van der Waals surface area (Å²) < 4.78 is 5.73. The SMILES string of the molecule is CC1CN(CC2(CS)CCCCC2)CCCO1. The fourth-order valence-corrected chi connectivity index (χ4v) is 3.78. The molecule has 2 fully saturated rings. The molecule has 1 heterocycles. The minimum Gasteiger partial charge on any atom is -0.377 e. The van der Waals surface area contributed by atoms with Crippen molar-refractivity contribution in [3.05, 3.63) is 0 Å². The molecule has 2 nitrogen and oxygen atoms in total. The Hall–Kier alpha value is 0.270. The van der Waals surface area contributed by atoms with Crippen LogP contribution in [0.5, 0.6) is 0 Å². The molecule has 0 aromatic carbocycles. The van der Waals surface area contributed by atoms with E-state index in [1.54, 1.807) is 0 Å². The third kappa shape index (κ3) is 3.87. The molecule has 0 bridgehead atoms. The van der Waals surface area contributed by atoms with E-state index in [0.29, 0.717) is 11.5 Å². The highest BCUT2D eigenvalue weighted by Crippen LogP contribution is 2.38. The van der Waals surface area contributed by atoms with Crippen molar-refractivity contribution in [1.82, 2.24) is 4.90 Å². The van der Waals surface area contributed by atoms with Gasteiger partial charge >= 0.3 is 0 Å². The fourth-order valence-electron chi connectivity index (χ4n) is 3.37. The van der Waals surface area contributed by atoms with Crippen LogP contribution in [0.3, 0.4) is 0 Å². The Bertz CT molecular complexity index is 228. The quantitative estimate of drug-likeness (QED) is 0.780. The van der Waals surface area contributed by atoms with Gasteiger partial charge in [0.2, 0.25) is 0 Å². The molecular weight excluding hydrogens is 230 g/mol. The van der Waals surface area contributed by atoms with Crippen LogP contribution < -0.4 is 0 Å². The van der Waals surface area contributed by atoms with E-state index in [1.807, 2.05) is 0 Å². The Morgan fingerprint density at radius 2 is 2.00 bits per heavy atom. The highest BCUT2D eigenvalue weighted by Gasteiger charge is 2.33. The number of hydrogen-bond donors (Lipinski definition) is 1. The van der Waals surface area contributed by atoms with Gasteiger partial charge < -0.3 is 9.64 Å². The van der Waals surface area contributed by atoms with Gasteiger partial charge in [0.15, 0.2) is 0 Å². The smallest absolute Gasteiger partial charge is 0.0673 e. The number of thiol groups is 1. The van der Waals surface area contributed by atoms with E-state index in [4.69, 9.17) is 4.74 Å². The van der Waals surface area contributed by atoms with Gasteiger partial charge in [-0.2, -0.15) is 12.6 Å². The lowest BCUT2D eigenvalue weighted by Crippen LogP contribution is -2.42. The van der Waals surface area contributed by atoms with Crippen molar-refractivity contribution < 1.29 is 4.74 Å². The number of rotatable bonds is 3. The summed E-state index contributed by atoms with van der Waals surface area (Å²) in [4.78, 5) is 2.62. The van der Waals surface area contributed by atoms with E-state index in [-0.39, 0.29) is 0 Å². The first-order chi connectivity index (χ1) is 8.24. The Kier molecular flexibility index (Phi) is 5.19. The van der Waals surface area contributed by atoms with E-state index in [0.717, 1.165) is 18.9 Å². The van der Waals surface area contributed by atoms with Crippen molar-refractivity contribution in [2.75, 3.05) is 32.0 Å². The Balaban J connectivity index is 1.92. The standard InChI is InChI=1S/C14H27NOS/c1-13-10-15(8-5-9-16-13)11-14(12-17)6-3-2-4-7-14/h13,17H,2-12H2,1H3. The van der Waals surface area contributed by atoms with Crippen molar-refractivity contribution in [3.8, 4) is 0 Å². The second-order valence-electron chi connectivity index (χ2n) is 5.99. The Labute approximate surface area is 112 Å². The molecule has 17 heavy (non-hydrogen) atoms. The summed E-state index contributed by atoms with van der Waals surface area (Å²) in [5, 5.41) is 0. The van der Waals surface area contributed by atoms with Crippen molar-refractivity contribution in [3.63, 3.8) is 0 Å². The van der Waals surface area contributed by atoms with Crippen LogP contribution in [0.2, 0.25) is 0 Å². The van der Waals surface area contributed by atoms with Crippen molar-refractivity contribution >= 4 is 12.6 Å². The van der Waals surface area contributed by atoms with Crippen LogP contribution >= 0.6 is 12.6 Å². The first-order valence-corrected chi connectivity index (χ1v) is 7.82. The second-order valence-corrected chi connectivity index (χ2v) is 6.31.